The summed E-state index contributed by atoms with van der Waals surface area (Å²) in [6.07, 6.45) is 1.28. The lowest BCUT2D eigenvalue weighted by atomic mass is 10.2. The van der Waals surface area contributed by atoms with Crippen LogP contribution in [0.4, 0.5) is 10.1 Å². The van der Waals surface area contributed by atoms with Gasteiger partial charge in [0, 0.05) is 18.0 Å². The zero-order valence-electron chi connectivity index (χ0n) is 10.0. The van der Waals surface area contributed by atoms with E-state index in [-0.39, 0.29) is 5.82 Å². The quantitative estimate of drug-likeness (QED) is 0.724. The molecule has 1 nitrogen and oxygen atoms in total. The van der Waals surface area contributed by atoms with Crippen LogP contribution < -0.4 is 5.32 Å². The summed E-state index contributed by atoms with van der Waals surface area (Å²) >= 11 is 1.97. The molecule has 1 aromatic carbocycles. The van der Waals surface area contributed by atoms with E-state index in [4.69, 9.17) is 0 Å². The Labute approximate surface area is 102 Å². The Hall–Kier alpha value is -0.700. The maximum Gasteiger partial charge on any atom is 0.123 e. The minimum atomic E-state index is -0.183. The van der Waals surface area contributed by atoms with E-state index < -0.39 is 0 Å². The van der Waals surface area contributed by atoms with Crippen molar-refractivity contribution in [1.82, 2.24) is 0 Å². The molecule has 0 unspecified atom stereocenters. The fourth-order valence-electron chi connectivity index (χ4n) is 1.26. The highest BCUT2D eigenvalue weighted by atomic mass is 32.2. The van der Waals surface area contributed by atoms with Gasteiger partial charge in [-0.2, -0.15) is 11.8 Å². The van der Waals surface area contributed by atoms with Gasteiger partial charge in [-0.3, -0.25) is 0 Å². The topological polar surface area (TPSA) is 12.0 Å². The van der Waals surface area contributed by atoms with Crippen molar-refractivity contribution in [2.45, 2.75) is 20.3 Å². The second-order valence-electron chi connectivity index (χ2n) is 4.23. The van der Waals surface area contributed by atoms with Crippen LogP contribution in [0.5, 0.6) is 0 Å². The van der Waals surface area contributed by atoms with Crippen molar-refractivity contribution in [1.29, 1.82) is 0 Å². The molecule has 1 aromatic rings. The van der Waals surface area contributed by atoms with Gasteiger partial charge in [-0.25, -0.2) is 4.39 Å². The molecule has 0 aliphatic carbocycles. The lowest BCUT2D eigenvalue weighted by Crippen LogP contribution is -2.04. The number of nitrogens with one attached hydrogen (secondary N) is 1. The summed E-state index contributed by atoms with van der Waals surface area (Å²) in [7, 11) is 0. The van der Waals surface area contributed by atoms with Crippen LogP contribution in [-0.4, -0.2) is 18.1 Å². The van der Waals surface area contributed by atoms with E-state index in [9.17, 15) is 4.39 Å². The molecule has 0 aliphatic rings. The predicted molar refractivity (Wildman–Crippen MR) is 71.7 cm³/mol. The molecule has 0 fully saturated rings. The highest BCUT2D eigenvalue weighted by molar-refractivity contribution is 7.99. The maximum absolute atomic E-state index is 12.6. The Morgan fingerprint density at radius 1 is 1.19 bits per heavy atom. The Morgan fingerprint density at radius 2 is 1.88 bits per heavy atom. The van der Waals surface area contributed by atoms with Crippen molar-refractivity contribution in [3.05, 3.63) is 30.1 Å². The van der Waals surface area contributed by atoms with Crippen molar-refractivity contribution in [3.63, 3.8) is 0 Å². The van der Waals surface area contributed by atoms with Crippen molar-refractivity contribution < 1.29 is 4.39 Å². The summed E-state index contributed by atoms with van der Waals surface area (Å²) in [6.45, 7) is 5.43. The molecule has 0 radical (unpaired) electrons. The molecule has 16 heavy (non-hydrogen) atoms. The third kappa shape index (κ3) is 6.01. The van der Waals surface area contributed by atoms with Crippen LogP contribution >= 0.6 is 11.8 Å². The fraction of sp³-hybridized carbons (Fsp3) is 0.538. The average molecular weight is 241 g/mol. The van der Waals surface area contributed by atoms with Gasteiger partial charge in [0.2, 0.25) is 0 Å². The largest absolute Gasteiger partial charge is 0.384 e. The minimum absolute atomic E-state index is 0.183. The van der Waals surface area contributed by atoms with Crippen LogP contribution in [0.25, 0.3) is 0 Å². The van der Waals surface area contributed by atoms with Crippen LogP contribution in [0, 0.1) is 11.7 Å². The van der Waals surface area contributed by atoms with Crippen LogP contribution in [-0.2, 0) is 0 Å². The monoisotopic (exact) mass is 241 g/mol. The van der Waals surface area contributed by atoms with Gasteiger partial charge in [-0.05, 0) is 42.4 Å². The fourth-order valence-corrected chi connectivity index (χ4v) is 2.34. The Morgan fingerprint density at radius 3 is 2.50 bits per heavy atom. The molecule has 0 saturated carbocycles. The molecular weight excluding hydrogens is 221 g/mol. The first-order valence-corrected chi connectivity index (χ1v) is 6.91. The third-order valence-electron chi connectivity index (χ3n) is 2.26. The lowest BCUT2D eigenvalue weighted by Gasteiger charge is -2.07. The van der Waals surface area contributed by atoms with E-state index in [1.807, 2.05) is 11.8 Å². The van der Waals surface area contributed by atoms with E-state index in [0.29, 0.717) is 0 Å². The van der Waals surface area contributed by atoms with Crippen LogP contribution in [0.3, 0.4) is 0 Å². The summed E-state index contributed by atoms with van der Waals surface area (Å²) in [4.78, 5) is 0. The van der Waals surface area contributed by atoms with E-state index in [1.54, 1.807) is 12.1 Å². The molecule has 1 rings (SSSR count). The SMILES string of the molecule is CC(C)CCSCCNc1ccc(F)cc1. The average Bonchev–Trinajstić information content (AvgIpc) is 2.25. The standard InChI is InChI=1S/C13H20FNS/c1-11(2)7-9-16-10-8-15-13-5-3-12(14)4-6-13/h3-6,11,15H,7-10H2,1-2H3. The smallest absolute Gasteiger partial charge is 0.123 e. The first-order valence-electron chi connectivity index (χ1n) is 5.75. The molecule has 3 heteroatoms. The zero-order chi connectivity index (χ0) is 11.8. The van der Waals surface area contributed by atoms with Crippen molar-refractivity contribution in [2.24, 2.45) is 5.92 Å². The van der Waals surface area contributed by atoms with Gasteiger partial charge in [-0.15, -0.1) is 0 Å². The van der Waals surface area contributed by atoms with Gasteiger partial charge < -0.3 is 5.32 Å². The van der Waals surface area contributed by atoms with E-state index in [0.717, 1.165) is 23.9 Å². The Bertz CT molecular complexity index is 284. The highest BCUT2D eigenvalue weighted by Gasteiger charge is 1.95. The van der Waals surface area contributed by atoms with Gasteiger partial charge in [0.05, 0.1) is 0 Å². The normalized spacial score (nSPS) is 10.8. The number of hydrogen-bond donors (Lipinski definition) is 1. The van der Waals surface area contributed by atoms with Crippen molar-refractivity contribution in [3.8, 4) is 0 Å². The minimum Gasteiger partial charge on any atom is -0.384 e. The molecule has 90 valence electrons. The number of anilines is 1. The molecule has 0 heterocycles. The van der Waals surface area contributed by atoms with Crippen molar-refractivity contribution in [2.75, 3.05) is 23.4 Å². The Balaban J connectivity index is 2.05. The molecule has 0 aliphatic heterocycles. The summed E-state index contributed by atoms with van der Waals surface area (Å²) in [5.74, 6) is 2.93. The zero-order valence-corrected chi connectivity index (χ0v) is 10.8. The molecule has 0 atom stereocenters. The molecule has 0 spiro atoms. The van der Waals surface area contributed by atoms with Crippen LogP contribution in [0.2, 0.25) is 0 Å². The first kappa shape index (κ1) is 13.4. The lowest BCUT2D eigenvalue weighted by molar-refractivity contribution is 0.628. The number of halogens is 1. The molecular formula is C13H20FNS. The van der Waals surface area contributed by atoms with Gasteiger partial charge in [0.15, 0.2) is 0 Å². The number of thioether (sulfide) groups is 1. The molecule has 0 aromatic heterocycles. The number of hydrogen-bond acceptors (Lipinski definition) is 2. The molecule has 1 N–H and O–H groups in total. The maximum atomic E-state index is 12.6. The predicted octanol–water partition coefficient (Wildman–Crippen LogP) is 4.02. The van der Waals surface area contributed by atoms with Crippen LogP contribution in [0.1, 0.15) is 20.3 Å². The summed E-state index contributed by atoms with van der Waals surface area (Å²) in [5.41, 5.74) is 0.992. The summed E-state index contributed by atoms with van der Waals surface area (Å²) < 4.78 is 12.6. The summed E-state index contributed by atoms with van der Waals surface area (Å²) in [6, 6.07) is 6.50. The van der Waals surface area contributed by atoms with Gasteiger partial charge >= 0.3 is 0 Å². The van der Waals surface area contributed by atoms with Crippen molar-refractivity contribution >= 4 is 17.4 Å². The van der Waals surface area contributed by atoms with Gasteiger partial charge in [-0.1, -0.05) is 13.8 Å². The van der Waals surface area contributed by atoms with E-state index in [2.05, 4.69) is 19.2 Å². The second kappa shape index (κ2) is 7.55. The molecule has 0 saturated heterocycles. The second-order valence-corrected chi connectivity index (χ2v) is 5.45. The molecule has 0 amide bonds. The number of rotatable bonds is 7. The summed E-state index contributed by atoms with van der Waals surface area (Å²) in [5, 5.41) is 3.27. The highest BCUT2D eigenvalue weighted by Crippen LogP contribution is 2.10. The van der Waals surface area contributed by atoms with E-state index >= 15 is 0 Å². The Kier molecular flexibility index (Phi) is 6.31. The van der Waals surface area contributed by atoms with Gasteiger partial charge in [0.1, 0.15) is 5.82 Å². The number of benzene rings is 1. The third-order valence-corrected chi connectivity index (χ3v) is 3.28. The first-order chi connectivity index (χ1) is 7.68. The van der Waals surface area contributed by atoms with Crippen LogP contribution in [0.15, 0.2) is 24.3 Å². The molecule has 0 bridgehead atoms. The van der Waals surface area contributed by atoms with E-state index in [1.165, 1.54) is 24.3 Å². The van der Waals surface area contributed by atoms with Gasteiger partial charge in [0.25, 0.3) is 0 Å².